The first kappa shape index (κ1) is 15.5. The minimum atomic E-state index is 0.666. The molecule has 108 valence electrons. The molecule has 0 amide bonds. The number of thiophene rings is 2. The largest absolute Gasteiger partial charge is 0.324 e. The highest BCUT2D eigenvalue weighted by Gasteiger charge is 2.04. The van der Waals surface area contributed by atoms with E-state index in [0.29, 0.717) is 5.11 Å². The van der Waals surface area contributed by atoms with Gasteiger partial charge in [0.1, 0.15) is 0 Å². The van der Waals surface area contributed by atoms with E-state index in [-0.39, 0.29) is 0 Å². The number of aryl methyl sites for hydroxylation is 2. The van der Waals surface area contributed by atoms with E-state index in [1.165, 1.54) is 24.0 Å². The van der Waals surface area contributed by atoms with E-state index in [9.17, 15) is 0 Å². The first-order valence-corrected chi connectivity index (χ1v) is 9.10. The third-order valence-corrected chi connectivity index (χ3v) is 4.85. The van der Waals surface area contributed by atoms with Crippen LogP contribution < -0.4 is 10.6 Å². The first-order valence-electron chi connectivity index (χ1n) is 6.94. The number of hydrogen-bond donors (Lipinski definition) is 2. The van der Waals surface area contributed by atoms with Crippen LogP contribution in [-0.4, -0.2) is 5.11 Å². The number of nitrogens with one attached hydrogen (secondary N) is 2. The van der Waals surface area contributed by atoms with E-state index in [4.69, 9.17) is 12.2 Å². The Hall–Kier alpha value is -0.910. The summed E-state index contributed by atoms with van der Waals surface area (Å²) in [6, 6.07) is 4.36. The zero-order valence-corrected chi connectivity index (χ0v) is 14.3. The molecule has 0 aliphatic carbocycles. The van der Waals surface area contributed by atoms with E-state index in [2.05, 4.69) is 47.4 Å². The van der Waals surface area contributed by atoms with Gasteiger partial charge in [0.25, 0.3) is 0 Å². The second kappa shape index (κ2) is 7.76. The fraction of sp³-hybridized carbons (Fsp3) is 0.400. The highest BCUT2D eigenvalue weighted by molar-refractivity contribution is 7.80. The lowest BCUT2D eigenvalue weighted by Crippen LogP contribution is -2.17. The van der Waals surface area contributed by atoms with Gasteiger partial charge >= 0.3 is 0 Å². The molecule has 2 heterocycles. The molecule has 0 fully saturated rings. The summed E-state index contributed by atoms with van der Waals surface area (Å²) in [4.78, 5) is 0. The van der Waals surface area contributed by atoms with Crippen molar-refractivity contribution in [1.82, 2.24) is 0 Å². The maximum Gasteiger partial charge on any atom is 0.176 e. The van der Waals surface area contributed by atoms with Gasteiger partial charge in [-0.15, -0.1) is 22.7 Å². The lowest BCUT2D eigenvalue weighted by atomic mass is 10.2. The zero-order valence-electron chi connectivity index (χ0n) is 11.9. The maximum absolute atomic E-state index is 5.36. The molecule has 0 atom stereocenters. The van der Waals surface area contributed by atoms with Crippen LogP contribution in [0.4, 0.5) is 10.0 Å². The van der Waals surface area contributed by atoms with Gasteiger partial charge in [-0.2, -0.15) is 0 Å². The van der Waals surface area contributed by atoms with Crippen LogP contribution in [0.15, 0.2) is 22.9 Å². The Bertz CT molecular complexity index is 509. The molecule has 2 rings (SSSR count). The smallest absolute Gasteiger partial charge is 0.176 e. The average Bonchev–Trinajstić information content (AvgIpc) is 3.00. The van der Waals surface area contributed by atoms with Gasteiger partial charge in [-0.25, -0.2) is 0 Å². The van der Waals surface area contributed by atoms with Gasteiger partial charge in [0, 0.05) is 0 Å². The lowest BCUT2D eigenvalue weighted by Gasteiger charge is -2.06. The van der Waals surface area contributed by atoms with Crippen LogP contribution in [0.3, 0.4) is 0 Å². The summed E-state index contributed by atoms with van der Waals surface area (Å²) in [6.07, 6.45) is 4.61. The molecular weight excluding hydrogens is 304 g/mol. The molecule has 2 nitrogen and oxygen atoms in total. The monoisotopic (exact) mass is 324 g/mol. The number of thiocarbonyl (C=S) groups is 1. The normalized spacial score (nSPS) is 10.5. The Morgan fingerprint density at radius 2 is 1.40 bits per heavy atom. The Labute approximate surface area is 134 Å². The molecule has 2 N–H and O–H groups in total. The van der Waals surface area contributed by atoms with Crippen LogP contribution in [-0.2, 0) is 12.8 Å². The van der Waals surface area contributed by atoms with Gasteiger partial charge in [0.05, 0.1) is 10.0 Å². The van der Waals surface area contributed by atoms with E-state index >= 15 is 0 Å². The first-order chi connectivity index (χ1) is 9.71. The maximum atomic E-state index is 5.36. The van der Waals surface area contributed by atoms with Crippen molar-refractivity contribution >= 4 is 50.0 Å². The Balaban J connectivity index is 1.87. The van der Waals surface area contributed by atoms with Crippen molar-refractivity contribution in [3.05, 3.63) is 34.0 Å². The summed E-state index contributed by atoms with van der Waals surface area (Å²) in [6.45, 7) is 4.39. The highest BCUT2D eigenvalue weighted by atomic mass is 32.1. The van der Waals surface area contributed by atoms with Crippen LogP contribution >= 0.6 is 34.9 Å². The third-order valence-electron chi connectivity index (χ3n) is 2.86. The second-order valence-corrected chi connectivity index (χ2v) is 6.95. The van der Waals surface area contributed by atoms with Crippen molar-refractivity contribution in [1.29, 1.82) is 0 Å². The summed E-state index contributed by atoms with van der Waals surface area (Å²) in [7, 11) is 0. The van der Waals surface area contributed by atoms with Crippen molar-refractivity contribution < 1.29 is 0 Å². The predicted octanol–water partition coefficient (Wildman–Crippen LogP) is 5.52. The number of rotatable bonds is 6. The van der Waals surface area contributed by atoms with Crippen LogP contribution in [0.25, 0.3) is 0 Å². The minimum Gasteiger partial charge on any atom is -0.324 e. The van der Waals surface area contributed by atoms with Gasteiger partial charge in [0.15, 0.2) is 5.11 Å². The Kier molecular flexibility index (Phi) is 6.01. The third kappa shape index (κ3) is 4.58. The zero-order chi connectivity index (χ0) is 14.4. The lowest BCUT2D eigenvalue weighted by molar-refractivity contribution is 0.927. The van der Waals surface area contributed by atoms with E-state index in [1.54, 1.807) is 22.7 Å². The summed E-state index contributed by atoms with van der Waals surface area (Å²) in [5.41, 5.74) is 2.76. The summed E-state index contributed by atoms with van der Waals surface area (Å²) >= 11 is 8.77. The van der Waals surface area contributed by atoms with Crippen molar-refractivity contribution in [3.8, 4) is 0 Å². The minimum absolute atomic E-state index is 0.666. The van der Waals surface area contributed by atoms with Gasteiger partial charge in [-0.3, -0.25) is 0 Å². The molecule has 0 saturated heterocycles. The summed E-state index contributed by atoms with van der Waals surface area (Å²) in [5, 5.41) is 13.8. The molecule has 0 aliphatic rings. The van der Waals surface area contributed by atoms with Crippen molar-refractivity contribution in [2.24, 2.45) is 0 Å². The number of anilines is 2. The predicted molar refractivity (Wildman–Crippen MR) is 96.5 cm³/mol. The van der Waals surface area contributed by atoms with Gasteiger partial charge in [0.2, 0.25) is 0 Å². The highest BCUT2D eigenvalue weighted by Crippen LogP contribution is 2.24. The van der Waals surface area contributed by atoms with Crippen LogP contribution in [0, 0.1) is 0 Å². The van der Waals surface area contributed by atoms with E-state index in [1.807, 2.05) is 0 Å². The molecule has 0 radical (unpaired) electrons. The fourth-order valence-corrected chi connectivity index (χ4v) is 4.02. The quantitative estimate of drug-likeness (QED) is 0.684. The van der Waals surface area contributed by atoms with E-state index < -0.39 is 0 Å². The van der Waals surface area contributed by atoms with Crippen molar-refractivity contribution in [2.75, 3.05) is 10.6 Å². The molecule has 0 aromatic carbocycles. The average molecular weight is 325 g/mol. The van der Waals surface area contributed by atoms with Crippen LogP contribution in [0.1, 0.15) is 37.8 Å². The standard InChI is InChI=1S/C15H20N2S3/c1-3-5-11-7-13(19-9-11)16-15(18)17-14-8-12(6-4-2)10-20-14/h7-10H,3-6H2,1-2H3,(H2,16,17,18). The summed E-state index contributed by atoms with van der Waals surface area (Å²) in [5.74, 6) is 0. The molecule has 0 bridgehead atoms. The van der Waals surface area contributed by atoms with Crippen LogP contribution in [0.2, 0.25) is 0 Å². The van der Waals surface area contributed by atoms with Gasteiger partial charge in [-0.1, -0.05) is 26.7 Å². The van der Waals surface area contributed by atoms with Crippen LogP contribution in [0.5, 0.6) is 0 Å². The molecule has 0 unspecified atom stereocenters. The molecule has 5 heteroatoms. The molecule has 2 aromatic heterocycles. The van der Waals surface area contributed by atoms with Crippen molar-refractivity contribution in [3.63, 3.8) is 0 Å². The molecule has 2 aromatic rings. The van der Waals surface area contributed by atoms with Gasteiger partial charge in [-0.05, 0) is 59.1 Å². The van der Waals surface area contributed by atoms with Gasteiger partial charge < -0.3 is 10.6 Å². The molecule has 0 spiro atoms. The van der Waals surface area contributed by atoms with E-state index in [0.717, 1.165) is 22.8 Å². The molecule has 0 aliphatic heterocycles. The topological polar surface area (TPSA) is 24.1 Å². The Morgan fingerprint density at radius 1 is 0.950 bits per heavy atom. The summed E-state index contributed by atoms with van der Waals surface area (Å²) < 4.78 is 0. The van der Waals surface area contributed by atoms with Crippen molar-refractivity contribution in [2.45, 2.75) is 39.5 Å². The number of hydrogen-bond acceptors (Lipinski definition) is 3. The molecule has 20 heavy (non-hydrogen) atoms. The fourth-order valence-electron chi connectivity index (χ4n) is 1.98. The SMILES string of the molecule is CCCc1csc(NC(=S)Nc2cc(CCC)cs2)c1. The molecular formula is C15H20N2S3. The molecule has 0 saturated carbocycles. The Morgan fingerprint density at radius 3 is 1.80 bits per heavy atom. The second-order valence-electron chi connectivity index (χ2n) is 4.72.